The van der Waals surface area contributed by atoms with Crippen molar-refractivity contribution < 1.29 is 73.3 Å². The summed E-state index contributed by atoms with van der Waals surface area (Å²) in [6.07, 6.45) is 21.9. The van der Waals surface area contributed by atoms with Gasteiger partial charge in [-0.05, 0) is 79.0 Å². The minimum atomic E-state index is 0. The maximum Gasteiger partial charge on any atom is -0.109 e. The quantitative estimate of drug-likeness (QED) is 0.133. The van der Waals surface area contributed by atoms with Crippen LogP contribution in [0, 0.1) is 52.0 Å². The van der Waals surface area contributed by atoms with Gasteiger partial charge in [0.25, 0.3) is 0 Å². The van der Waals surface area contributed by atoms with E-state index in [0.717, 1.165) is 25.7 Å². The molecule has 0 nitrogen and oxygen atoms in total. The summed E-state index contributed by atoms with van der Waals surface area (Å²) < 4.78 is 2.85. The van der Waals surface area contributed by atoms with Crippen LogP contribution in [0.25, 0.3) is 66.8 Å². The molecule has 12 aromatic carbocycles. The van der Waals surface area contributed by atoms with E-state index < -0.39 is 0 Å². The average Bonchev–Trinajstić information content (AvgIpc) is 1.58. The molecule has 110 heavy (non-hydrogen) atoms. The van der Waals surface area contributed by atoms with Gasteiger partial charge in [0.15, 0.2) is 0 Å². The Morgan fingerprint density at radius 2 is 0.545 bits per heavy atom. The van der Waals surface area contributed by atoms with Gasteiger partial charge in [-0.2, -0.15) is 12.2 Å². The molecule has 4 aliphatic rings. The van der Waals surface area contributed by atoms with Gasteiger partial charge >= 0.3 is 224 Å². The molecule has 0 saturated heterocycles. The Balaban J connectivity index is 0.000000167. The van der Waals surface area contributed by atoms with Crippen molar-refractivity contribution in [3.63, 3.8) is 0 Å². The monoisotopic (exact) mass is 1630 g/mol. The molecule has 0 N–H and O–H groups in total. The van der Waals surface area contributed by atoms with Crippen LogP contribution >= 0.6 is 0 Å². The van der Waals surface area contributed by atoms with Crippen LogP contribution < -0.4 is 24.8 Å². The molecule has 0 spiro atoms. The van der Waals surface area contributed by atoms with Gasteiger partial charge in [0.2, 0.25) is 0 Å². The summed E-state index contributed by atoms with van der Waals surface area (Å²) in [4.78, 5) is 0. The number of allylic oxidation sites excluding steroid dienone is 8. The summed E-state index contributed by atoms with van der Waals surface area (Å²) in [6, 6.07) is 101. The number of aryl methyl sites for hydroxylation is 4. The van der Waals surface area contributed by atoms with E-state index in [0.29, 0.717) is 0 Å². The molecule has 12 aromatic rings. The second-order valence-electron chi connectivity index (χ2n) is 33.0. The number of fused-ring (bicyclic) bond motifs is 6. The molecule has 0 aliphatic heterocycles. The molecule has 0 bridgehead atoms. The zero-order chi connectivity index (χ0) is 76.9. The number of benzene rings is 12. The fraction of sp³-hybridized carbons (Fsp3) is 0.226. The Labute approximate surface area is 702 Å². The van der Waals surface area contributed by atoms with Gasteiger partial charge in [-0.1, -0.05) is 262 Å². The van der Waals surface area contributed by atoms with E-state index >= 15 is 0 Å². The van der Waals surface area contributed by atoms with Crippen molar-refractivity contribution in [2.24, 2.45) is 0 Å². The smallest absolute Gasteiger partial charge is 0.109 e. The second-order valence-corrected chi connectivity index (χ2v) is 35.5. The van der Waals surface area contributed by atoms with Gasteiger partial charge in [0.1, 0.15) is 0 Å². The summed E-state index contributed by atoms with van der Waals surface area (Å²) in [5.41, 5.74) is 37.6. The van der Waals surface area contributed by atoms with Crippen molar-refractivity contribution in [3.8, 4) is 66.8 Å². The first-order valence-electron chi connectivity index (χ1n) is 38.2. The van der Waals surface area contributed by atoms with Crippen LogP contribution in [0.5, 0.6) is 0 Å². The summed E-state index contributed by atoms with van der Waals surface area (Å²) in [6.45, 7) is 36.3. The van der Waals surface area contributed by atoms with Gasteiger partial charge in [0, 0.05) is 0 Å². The largest absolute Gasteiger partial charge is 1.00 e. The third kappa shape index (κ3) is 22.1. The van der Waals surface area contributed by atoms with Crippen LogP contribution in [0.1, 0.15) is 185 Å². The number of rotatable bonds is 8. The first-order chi connectivity index (χ1) is 51.6. The maximum atomic E-state index is 3.88. The van der Waals surface area contributed by atoms with Crippen LogP contribution in [-0.2, 0) is 83.0 Å². The standard InChI is InChI=1S/2C33H33.2C15H14.2C5H5.2ClH.2Zr/c2*1-32(2,3)30-20-26-24(18-28(30)22-13-9-7-10-14-22)17-25-19-29(23-15-11-8-12-16-23)31(21-27(25)26)33(4,5)6;2*1-12-3-7-14(8-4-12)11-15-9-5-13(2)6-10-15;2*1-2-4-5-3-1;;;;/h2*7-16,18,20-21H,17H2,1-6H3;2*3-10H,1-2H3;2*1-3H,4H2;2*1H;;/q2*-1;;;2*-1;;;2*+2/p-2. The number of hydrogen-bond donors (Lipinski definition) is 0. The minimum Gasteiger partial charge on any atom is -1.00 e. The van der Waals surface area contributed by atoms with Gasteiger partial charge in [-0.3, -0.25) is 12.2 Å². The Morgan fingerprint density at radius 1 is 0.291 bits per heavy atom. The normalized spacial score (nSPS) is 12.4. The molecular formula is C106H104Cl2Zr2-2. The first kappa shape index (κ1) is 85.7. The van der Waals surface area contributed by atoms with E-state index in [2.05, 4.69) is 402 Å². The molecule has 552 valence electrons. The zero-order valence-corrected chi connectivity index (χ0v) is 73.7. The van der Waals surface area contributed by atoms with E-state index in [1.807, 2.05) is 24.3 Å². The Kier molecular flexibility index (Phi) is 29.8. The molecule has 0 aromatic heterocycles. The van der Waals surface area contributed by atoms with Crippen molar-refractivity contribution >= 4 is 6.41 Å². The van der Waals surface area contributed by atoms with Crippen molar-refractivity contribution in [1.29, 1.82) is 0 Å². The van der Waals surface area contributed by atoms with Crippen LogP contribution in [0.15, 0.2) is 291 Å². The molecule has 0 unspecified atom stereocenters. The summed E-state index contributed by atoms with van der Waals surface area (Å²) in [7, 11) is 0. The van der Waals surface area contributed by atoms with Crippen LogP contribution in [0.4, 0.5) is 0 Å². The van der Waals surface area contributed by atoms with Gasteiger partial charge in [-0.25, -0.2) is 24.3 Å². The number of halogens is 2. The van der Waals surface area contributed by atoms with Gasteiger partial charge in [0.05, 0.1) is 0 Å². The van der Waals surface area contributed by atoms with Crippen molar-refractivity contribution in [3.05, 3.63) is 405 Å². The fourth-order valence-electron chi connectivity index (χ4n) is 14.1. The molecule has 0 radical (unpaired) electrons. The van der Waals surface area contributed by atoms with Gasteiger partial charge in [-0.15, -0.1) is 70.5 Å². The molecule has 0 saturated carbocycles. The molecule has 4 heteroatoms. The third-order valence-electron chi connectivity index (χ3n) is 20.2. The molecule has 0 atom stereocenters. The SMILES string of the molecule is CC(C)(C)c1cc2c([c-]c1-c1ccccc1)Cc1cc(-c3ccccc3)c(C(C)(C)C)cc1-2.CC(C)(C)c1cc2c([c-]c1-c1ccccc1)Cc1cc(-c3ccccc3)c(C(C)(C)C)cc1-2.Cc1ccc([C](=[Zr+2])c2ccc(C)cc2)cc1.Cc1ccc([C](=[Zr+2])c2ccc(C)cc2)cc1.[C-]1=CC=CC1.[C-]1=CC=CC1.[Cl-].[Cl-]. The van der Waals surface area contributed by atoms with Crippen LogP contribution in [0.2, 0.25) is 0 Å². The molecule has 16 rings (SSSR count). The van der Waals surface area contributed by atoms with Crippen molar-refractivity contribution in [2.75, 3.05) is 0 Å². The molecule has 0 heterocycles. The Hall–Kier alpha value is -8.31. The van der Waals surface area contributed by atoms with Crippen LogP contribution in [0.3, 0.4) is 0 Å². The Morgan fingerprint density at radius 3 is 0.773 bits per heavy atom. The average molecular weight is 1630 g/mol. The fourth-order valence-corrected chi connectivity index (χ4v) is 15.7. The first-order valence-corrected chi connectivity index (χ1v) is 40.7. The second kappa shape index (κ2) is 38.3. The number of hydrogen-bond acceptors (Lipinski definition) is 0. The topological polar surface area (TPSA) is 0 Å². The molecule has 0 amide bonds. The molecule has 0 fully saturated rings. The van der Waals surface area contributed by atoms with E-state index in [1.54, 1.807) is 0 Å². The predicted molar refractivity (Wildman–Crippen MR) is 458 cm³/mol. The summed E-state index contributed by atoms with van der Waals surface area (Å²) in [5.74, 6) is 0. The van der Waals surface area contributed by atoms with Crippen molar-refractivity contribution in [1.82, 2.24) is 0 Å². The molecular weight excluding hydrogens is 1530 g/mol. The third-order valence-corrected chi connectivity index (χ3v) is 23.0. The van der Waals surface area contributed by atoms with Crippen LogP contribution in [-0.4, -0.2) is 6.41 Å². The van der Waals surface area contributed by atoms with E-state index in [9.17, 15) is 0 Å². The summed E-state index contributed by atoms with van der Waals surface area (Å²) >= 11 is 2.93. The predicted octanol–water partition coefficient (Wildman–Crippen LogP) is 21.4. The van der Waals surface area contributed by atoms with E-state index in [1.165, 1.54) is 211 Å². The minimum absolute atomic E-state index is 0. The summed E-state index contributed by atoms with van der Waals surface area (Å²) in [5, 5.41) is 0. The maximum absolute atomic E-state index is 3.88. The van der Waals surface area contributed by atoms with Gasteiger partial charge < -0.3 is 24.8 Å². The van der Waals surface area contributed by atoms with E-state index in [-0.39, 0.29) is 46.5 Å². The molecule has 4 aliphatic carbocycles. The van der Waals surface area contributed by atoms with E-state index in [4.69, 9.17) is 0 Å². The zero-order valence-electron chi connectivity index (χ0n) is 67.3. The Bertz CT molecular complexity index is 4560. The van der Waals surface area contributed by atoms with Crippen molar-refractivity contribution in [2.45, 2.75) is 158 Å².